The number of halogens is 1. The van der Waals surface area contributed by atoms with E-state index in [0.717, 1.165) is 0 Å². The highest BCUT2D eigenvalue weighted by Crippen LogP contribution is 2.38. The van der Waals surface area contributed by atoms with Gasteiger partial charge in [0.15, 0.2) is 6.10 Å². The summed E-state index contributed by atoms with van der Waals surface area (Å²) < 4.78 is 5.74. The molecule has 8 heteroatoms. The fraction of sp³-hybridized carbons (Fsp3) is 0.462. The van der Waals surface area contributed by atoms with Crippen molar-refractivity contribution >= 4 is 27.6 Å². The van der Waals surface area contributed by atoms with Crippen molar-refractivity contribution in [3.8, 4) is 5.75 Å². The van der Waals surface area contributed by atoms with E-state index >= 15 is 0 Å². The molecule has 2 N–H and O–H groups in total. The molecule has 1 aromatic carbocycles. The molecule has 116 valence electrons. The van der Waals surface area contributed by atoms with Crippen molar-refractivity contribution in [3.63, 3.8) is 0 Å². The van der Waals surface area contributed by atoms with Crippen molar-refractivity contribution in [3.05, 3.63) is 32.3 Å². The van der Waals surface area contributed by atoms with Crippen molar-refractivity contribution in [2.75, 3.05) is 0 Å². The number of nitrogens with zero attached hydrogens (tertiary/aromatic N) is 1. The molecule has 0 fully saturated rings. The Bertz CT molecular complexity index is 546. The molecule has 1 rings (SSSR count). The third-order valence-electron chi connectivity index (χ3n) is 2.80. The molecule has 0 saturated heterocycles. The second-order valence-electron chi connectivity index (χ2n) is 4.51. The summed E-state index contributed by atoms with van der Waals surface area (Å²) in [5, 5.41) is 30.0. The lowest BCUT2D eigenvalue weighted by atomic mass is 10.1. The Hall–Kier alpha value is -1.67. The normalized spacial score (nSPS) is 13.5. The number of ether oxygens (including phenoxy) is 1. The van der Waals surface area contributed by atoms with Gasteiger partial charge in [0.05, 0.1) is 11.0 Å². The molecule has 1 aromatic rings. The Kier molecular flexibility index (Phi) is 6.10. The molecule has 0 aliphatic carbocycles. The Morgan fingerprint density at radius 1 is 1.52 bits per heavy atom. The van der Waals surface area contributed by atoms with Gasteiger partial charge in [-0.15, -0.1) is 0 Å². The maximum absolute atomic E-state index is 11.2. The molecule has 2 unspecified atom stereocenters. The second-order valence-corrected chi connectivity index (χ2v) is 5.43. The van der Waals surface area contributed by atoms with Crippen LogP contribution in [0.1, 0.15) is 38.4 Å². The number of hydrogen-bond acceptors (Lipinski definition) is 5. The van der Waals surface area contributed by atoms with Crippen molar-refractivity contribution in [1.29, 1.82) is 0 Å². The fourth-order valence-electron chi connectivity index (χ4n) is 1.81. The van der Waals surface area contributed by atoms with Crippen LogP contribution in [0.4, 0.5) is 5.69 Å². The van der Waals surface area contributed by atoms with E-state index in [0.29, 0.717) is 10.9 Å². The van der Waals surface area contributed by atoms with E-state index in [9.17, 15) is 20.0 Å². The molecule has 0 saturated carbocycles. The number of aliphatic carboxylic acids is 1. The van der Waals surface area contributed by atoms with Crippen LogP contribution in [0.15, 0.2) is 16.6 Å². The van der Waals surface area contributed by atoms with Crippen LogP contribution in [0.5, 0.6) is 5.75 Å². The minimum absolute atomic E-state index is 0.165. The molecular weight excluding hydrogens is 346 g/mol. The van der Waals surface area contributed by atoms with Crippen LogP contribution in [-0.2, 0) is 4.79 Å². The lowest BCUT2D eigenvalue weighted by Gasteiger charge is -2.18. The van der Waals surface area contributed by atoms with Crippen molar-refractivity contribution in [1.82, 2.24) is 0 Å². The van der Waals surface area contributed by atoms with Gasteiger partial charge in [0.1, 0.15) is 0 Å². The number of carbonyl (C=O) groups is 1. The monoisotopic (exact) mass is 361 g/mol. The van der Waals surface area contributed by atoms with Gasteiger partial charge >= 0.3 is 11.7 Å². The zero-order valence-electron chi connectivity index (χ0n) is 11.6. The molecule has 0 radical (unpaired) electrons. The Balaban J connectivity index is 3.36. The summed E-state index contributed by atoms with van der Waals surface area (Å²) in [5.74, 6) is -1.41. The molecule has 0 amide bonds. The van der Waals surface area contributed by atoms with Crippen LogP contribution in [0.2, 0.25) is 0 Å². The zero-order chi connectivity index (χ0) is 16.2. The number of nitro groups is 1. The zero-order valence-corrected chi connectivity index (χ0v) is 13.2. The largest absolute Gasteiger partial charge is 0.479 e. The van der Waals surface area contributed by atoms with Gasteiger partial charge < -0.3 is 14.9 Å². The summed E-state index contributed by atoms with van der Waals surface area (Å²) in [4.78, 5) is 21.6. The van der Waals surface area contributed by atoms with E-state index < -0.39 is 23.1 Å². The Morgan fingerprint density at radius 2 is 2.14 bits per heavy atom. The predicted molar refractivity (Wildman–Crippen MR) is 78.4 cm³/mol. The molecule has 0 aliphatic rings. The molecule has 0 aliphatic heterocycles. The van der Waals surface area contributed by atoms with Crippen molar-refractivity contribution in [2.45, 2.75) is 38.9 Å². The highest BCUT2D eigenvalue weighted by Gasteiger charge is 2.28. The summed E-state index contributed by atoms with van der Waals surface area (Å²) in [7, 11) is 0. The van der Waals surface area contributed by atoms with Crippen LogP contribution in [0.25, 0.3) is 0 Å². The van der Waals surface area contributed by atoms with Gasteiger partial charge in [-0.25, -0.2) is 4.79 Å². The summed E-state index contributed by atoms with van der Waals surface area (Å²) in [6, 6.07) is 2.68. The van der Waals surface area contributed by atoms with E-state index in [-0.39, 0.29) is 23.4 Å². The topological polar surface area (TPSA) is 110 Å². The lowest BCUT2D eigenvalue weighted by molar-refractivity contribution is -0.386. The van der Waals surface area contributed by atoms with E-state index in [4.69, 9.17) is 9.84 Å². The lowest BCUT2D eigenvalue weighted by Crippen LogP contribution is -2.27. The number of carboxylic acids is 1. The summed E-state index contributed by atoms with van der Waals surface area (Å²) >= 11 is 3.12. The molecule has 7 nitrogen and oxygen atoms in total. The predicted octanol–water partition coefficient (Wildman–Crippen LogP) is 3.04. The van der Waals surface area contributed by atoms with E-state index in [1.165, 1.54) is 19.1 Å². The third-order valence-corrected chi connectivity index (χ3v) is 3.25. The maximum atomic E-state index is 11.2. The first kappa shape index (κ1) is 17.4. The summed E-state index contributed by atoms with van der Waals surface area (Å²) in [6.07, 6.45) is -1.48. The first-order valence-electron chi connectivity index (χ1n) is 6.33. The Labute approximate surface area is 129 Å². The maximum Gasteiger partial charge on any atom is 0.344 e. The first-order valence-corrected chi connectivity index (χ1v) is 7.12. The Morgan fingerprint density at radius 3 is 2.57 bits per heavy atom. The van der Waals surface area contributed by atoms with Crippen LogP contribution < -0.4 is 4.74 Å². The standard InChI is InChI=1S/C13H16BrNO6/c1-3-4-11(13(17)18)21-12-9(7(2)16)5-8(14)6-10(12)15(19)20/h5-7,11,16H,3-4H2,1-2H3,(H,17,18). The van der Waals surface area contributed by atoms with Crippen LogP contribution >= 0.6 is 15.9 Å². The molecule has 0 aromatic heterocycles. The van der Waals surface area contributed by atoms with Gasteiger partial charge in [-0.1, -0.05) is 29.3 Å². The van der Waals surface area contributed by atoms with Gasteiger partial charge in [0.2, 0.25) is 5.75 Å². The van der Waals surface area contributed by atoms with Gasteiger partial charge in [-0.2, -0.15) is 0 Å². The number of nitro benzene ring substituents is 1. The van der Waals surface area contributed by atoms with Gasteiger partial charge in [-0.05, 0) is 19.4 Å². The average Bonchev–Trinajstić information content (AvgIpc) is 2.38. The summed E-state index contributed by atoms with van der Waals surface area (Å²) in [5.41, 5.74) is -0.221. The molecular formula is C13H16BrNO6. The van der Waals surface area contributed by atoms with E-state index in [2.05, 4.69) is 15.9 Å². The highest BCUT2D eigenvalue weighted by molar-refractivity contribution is 9.10. The average molecular weight is 362 g/mol. The SMILES string of the molecule is CCCC(Oc1c(C(C)O)cc(Br)cc1[N+](=O)[O-])C(=O)O. The number of hydrogen-bond donors (Lipinski definition) is 2. The minimum atomic E-state index is -1.20. The first-order chi connectivity index (χ1) is 9.77. The van der Waals surface area contributed by atoms with Gasteiger partial charge in [0, 0.05) is 16.1 Å². The second kappa shape index (κ2) is 7.37. The number of rotatable bonds is 7. The van der Waals surface area contributed by atoms with Gasteiger partial charge in [-0.3, -0.25) is 10.1 Å². The molecule has 2 atom stereocenters. The smallest absolute Gasteiger partial charge is 0.344 e. The fourth-order valence-corrected chi connectivity index (χ4v) is 2.27. The highest BCUT2D eigenvalue weighted by atomic mass is 79.9. The quantitative estimate of drug-likeness (QED) is 0.570. The molecule has 0 spiro atoms. The van der Waals surface area contributed by atoms with Crippen molar-refractivity contribution in [2.24, 2.45) is 0 Å². The number of carboxylic acid groups (broad SMARTS) is 1. The number of benzene rings is 1. The number of aliphatic hydroxyl groups is 1. The van der Waals surface area contributed by atoms with Crippen LogP contribution in [0.3, 0.4) is 0 Å². The summed E-state index contributed by atoms with van der Waals surface area (Å²) in [6.45, 7) is 3.21. The molecule has 0 heterocycles. The third kappa shape index (κ3) is 4.40. The van der Waals surface area contributed by atoms with Crippen LogP contribution in [0, 0.1) is 10.1 Å². The number of aliphatic hydroxyl groups excluding tert-OH is 1. The minimum Gasteiger partial charge on any atom is -0.479 e. The van der Waals surface area contributed by atoms with Gasteiger partial charge in [0.25, 0.3) is 0 Å². The van der Waals surface area contributed by atoms with Crippen LogP contribution in [-0.4, -0.2) is 27.2 Å². The molecule has 21 heavy (non-hydrogen) atoms. The molecule has 0 bridgehead atoms. The van der Waals surface area contributed by atoms with E-state index in [1.807, 2.05) is 0 Å². The van der Waals surface area contributed by atoms with E-state index in [1.54, 1.807) is 6.92 Å². The van der Waals surface area contributed by atoms with Crippen molar-refractivity contribution < 1.29 is 24.7 Å².